The molecule has 0 amide bonds. The zero-order valence-electron chi connectivity index (χ0n) is 2.99. The average Bonchev–Trinajstić information content (AvgIpc) is 0.722. The van der Waals surface area contributed by atoms with Gasteiger partial charge in [-0.25, -0.2) is 0 Å². The van der Waals surface area contributed by atoms with Crippen molar-refractivity contribution in [3.63, 3.8) is 0 Å². The molecule has 0 heterocycles. The fraction of sp³-hybridized carbons (Fsp3) is 0. The molecule has 0 rings (SSSR count). The van der Waals surface area contributed by atoms with Gasteiger partial charge in [-0.15, -0.1) is 0 Å². The summed E-state index contributed by atoms with van der Waals surface area (Å²) in [7, 11) is -5.17. The van der Waals surface area contributed by atoms with Gasteiger partial charge in [-0.3, -0.25) is 8.42 Å². The summed E-state index contributed by atoms with van der Waals surface area (Å²) >= 11 is 0. The zero-order chi connectivity index (χ0) is 4.50. The first-order valence-electron chi connectivity index (χ1n) is 0.667. The van der Waals surface area contributed by atoms with Gasteiger partial charge in [0.2, 0.25) is 0 Å². The zero-order valence-corrected chi connectivity index (χ0v) is 7.57. The number of rotatable bonds is 0. The van der Waals surface area contributed by atoms with E-state index in [2.05, 4.69) is 0 Å². The predicted octanol–water partition coefficient (Wildman–Crippen LogP) is -1.34. The van der Waals surface area contributed by atoms with Crippen molar-refractivity contribution in [1.29, 1.82) is 0 Å². The topological polar surface area (TPSA) is 80.3 Å². The molecule has 0 saturated heterocycles. The van der Waals surface area contributed by atoms with Gasteiger partial charge in [0.05, 0.1) is 0 Å². The Morgan fingerprint density at radius 3 is 1.14 bits per heavy atom. The van der Waals surface area contributed by atoms with E-state index in [4.69, 9.17) is 17.5 Å². The molecule has 0 saturated carbocycles. The standard InChI is InChI=1S/Nb.H2O4S.Ti/c;1-5(2,3)4;/h;(H2,1,2,3,4);/q+5;;+4/p-2. The third-order valence-corrected chi connectivity index (χ3v) is 0. The minimum Gasteiger partial charge on any atom is -0.759 e. The summed E-state index contributed by atoms with van der Waals surface area (Å²) in [6, 6.07) is 0. The van der Waals surface area contributed by atoms with Crippen LogP contribution in [0.1, 0.15) is 0 Å². The Hall–Kier alpha value is 1.32. The van der Waals surface area contributed by atoms with Crippen molar-refractivity contribution < 1.29 is 61.6 Å². The second-order valence-corrected chi connectivity index (χ2v) is 1.22. The monoisotopic (exact) mass is 237 g/mol. The first kappa shape index (κ1) is 15.8. The van der Waals surface area contributed by atoms with Crippen LogP contribution in [0.2, 0.25) is 0 Å². The molecule has 7 heteroatoms. The van der Waals surface area contributed by atoms with Crippen molar-refractivity contribution in [2.75, 3.05) is 0 Å². The Morgan fingerprint density at radius 2 is 1.14 bits per heavy atom. The van der Waals surface area contributed by atoms with E-state index < -0.39 is 10.4 Å². The van der Waals surface area contributed by atoms with Gasteiger partial charge in [0.1, 0.15) is 0 Å². The molecule has 0 fully saturated rings. The summed E-state index contributed by atoms with van der Waals surface area (Å²) in [4.78, 5) is 0. The van der Waals surface area contributed by atoms with E-state index >= 15 is 0 Å². The third kappa shape index (κ3) is 118. The Balaban J connectivity index is -0.0000000800. The van der Waals surface area contributed by atoms with Gasteiger partial charge in [-0.1, -0.05) is 0 Å². The van der Waals surface area contributed by atoms with Crippen molar-refractivity contribution in [1.82, 2.24) is 0 Å². The molecule has 7 heavy (non-hydrogen) atoms. The van der Waals surface area contributed by atoms with Crippen LogP contribution < -0.4 is 0 Å². The maximum absolute atomic E-state index is 8.52. The van der Waals surface area contributed by atoms with Crippen molar-refractivity contribution in [2.45, 2.75) is 0 Å². The smallest absolute Gasteiger partial charge is 0.759 e. The van der Waals surface area contributed by atoms with Gasteiger partial charge in [0.15, 0.2) is 0 Å². The van der Waals surface area contributed by atoms with Gasteiger partial charge >= 0.3 is 44.1 Å². The van der Waals surface area contributed by atoms with Gasteiger partial charge in [0, 0.05) is 10.4 Å². The molecule has 4 nitrogen and oxygen atoms in total. The fourth-order valence-electron chi connectivity index (χ4n) is 0. The Kier molecular flexibility index (Phi) is 12.3. The molecule has 0 bridgehead atoms. The molecule has 32 valence electrons. The molecule has 0 unspecified atom stereocenters. The maximum Gasteiger partial charge on any atom is 5.00 e. The molecule has 0 aromatic heterocycles. The van der Waals surface area contributed by atoms with E-state index in [0.29, 0.717) is 0 Å². The van der Waals surface area contributed by atoms with Crippen molar-refractivity contribution >= 4 is 10.4 Å². The van der Waals surface area contributed by atoms with Crippen molar-refractivity contribution in [2.24, 2.45) is 0 Å². The van der Waals surface area contributed by atoms with E-state index in [-0.39, 0.29) is 44.1 Å². The van der Waals surface area contributed by atoms with E-state index in [1.807, 2.05) is 0 Å². The molecular formula is NbO4STi+7. The summed E-state index contributed by atoms with van der Waals surface area (Å²) in [6.07, 6.45) is 0. The molecular weight excluding hydrogens is 237 g/mol. The second kappa shape index (κ2) is 5.46. The molecule has 0 aliphatic heterocycles. The SMILES string of the molecule is O=S(=O)([O-])[O-].[Nb+5].[Ti+4]. The first-order valence-corrected chi connectivity index (χ1v) is 2.00. The van der Waals surface area contributed by atoms with Crippen LogP contribution >= 0.6 is 0 Å². The minimum absolute atomic E-state index is 0. The van der Waals surface area contributed by atoms with Crippen molar-refractivity contribution in [3.8, 4) is 0 Å². The van der Waals surface area contributed by atoms with Gasteiger partial charge in [-0.05, 0) is 0 Å². The predicted molar refractivity (Wildman–Crippen MR) is 10.5 cm³/mol. The second-order valence-electron chi connectivity index (χ2n) is 0.408. The normalized spacial score (nSPS) is 8.29. The van der Waals surface area contributed by atoms with E-state index in [1.54, 1.807) is 0 Å². The van der Waals surface area contributed by atoms with Crippen LogP contribution in [-0.2, 0) is 54.5 Å². The van der Waals surface area contributed by atoms with E-state index in [0.717, 1.165) is 0 Å². The Bertz CT molecular complexity index is 94.9. The molecule has 0 aliphatic carbocycles. The number of hydrogen-bond acceptors (Lipinski definition) is 4. The van der Waals surface area contributed by atoms with Crippen LogP contribution in [-0.4, -0.2) is 17.5 Å². The Labute approximate surface area is 71.6 Å². The molecule has 0 aliphatic rings. The van der Waals surface area contributed by atoms with Crippen LogP contribution in [0.25, 0.3) is 0 Å². The van der Waals surface area contributed by atoms with Gasteiger partial charge in [0.25, 0.3) is 0 Å². The molecule has 0 spiro atoms. The maximum atomic E-state index is 8.52. The molecule has 0 radical (unpaired) electrons. The molecule has 0 aromatic rings. The first-order chi connectivity index (χ1) is 2.00. The average molecular weight is 237 g/mol. The summed E-state index contributed by atoms with van der Waals surface area (Å²) in [5.41, 5.74) is 0. The largest absolute Gasteiger partial charge is 5.00 e. The summed E-state index contributed by atoms with van der Waals surface area (Å²) in [5, 5.41) is 0. The van der Waals surface area contributed by atoms with Gasteiger partial charge in [-0.2, -0.15) is 0 Å². The minimum atomic E-state index is -5.17. The van der Waals surface area contributed by atoms with Crippen LogP contribution in [0, 0.1) is 0 Å². The molecule has 0 atom stereocenters. The van der Waals surface area contributed by atoms with Crippen LogP contribution in [0.5, 0.6) is 0 Å². The third-order valence-electron chi connectivity index (χ3n) is 0. The van der Waals surface area contributed by atoms with Crippen LogP contribution in [0.4, 0.5) is 0 Å². The molecule has 0 aromatic carbocycles. The van der Waals surface area contributed by atoms with Crippen LogP contribution in [0.3, 0.4) is 0 Å². The summed E-state index contributed by atoms with van der Waals surface area (Å²) < 4.78 is 34.1. The quantitative estimate of drug-likeness (QED) is 0.296. The Morgan fingerprint density at radius 1 is 1.14 bits per heavy atom. The summed E-state index contributed by atoms with van der Waals surface area (Å²) in [6.45, 7) is 0. The van der Waals surface area contributed by atoms with Gasteiger partial charge < -0.3 is 9.11 Å². The fourth-order valence-corrected chi connectivity index (χ4v) is 0. The molecule has 0 N–H and O–H groups in total. The van der Waals surface area contributed by atoms with E-state index in [1.165, 1.54) is 0 Å². The van der Waals surface area contributed by atoms with Crippen LogP contribution in [0.15, 0.2) is 0 Å². The van der Waals surface area contributed by atoms with E-state index in [9.17, 15) is 0 Å². The van der Waals surface area contributed by atoms with Crippen molar-refractivity contribution in [3.05, 3.63) is 0 Å². The number of hydrogen-bond donors (Lipinski definition) is 0. The summed E-state index contributed by atoms with van der Waals surface area (Å²) in [5.74, 6) is 0.